The number of carbonyl (C=O) groups excluding carboxylic acids is 2. The molecule has 2 heterocycles. The van der Waals surface area contributed by atoms with Crippen molar-refractivity contribution in [2.45, 2.75) is 57.5 Å². The lowest BCUT2D eigenvalue weighted by molar-refractivity contribution is -0.401. The summed E-state index contributed by atoms with van der Waals surface area (Å²) in [6, 6.07) is 1.75. The summed E-state index contributed by atoms with van der Waals surface area (Å²) in [4.78, 5) is 25.4. The van der Waals surface area contributed by atoms with E-state index in [2.05, 4.69) is 0 Å². The summed E-state index contributed by atoms with van der Waals surface area (Å²) in [5, 5.41) is 22.8. The number of aliphatic hydroxyl groups is 2. The highest BCUT2D eigenvalue weighted by atomic mass is 16.6. The molecule has 1 aromatic rings. The van der Waals surface area contributed by atoms with Crippen molar-refractivity contribution in [3.05, 3.63) is 24.2 Å². The van der Waals surface area contributed by atoms with Gasteiger partial charge < -0.3 is 28.8 Å². The Morgan fingerprint density at radius 3 is 2.40 bits per heavy atom. The number of aliphatic hydroxyl groups excluding tert-OH is 1. The summed E-state index contributed by atoms with van der Waals surface area (Å²) in [5.74, 6) is -4.50. The molecule has 8 atom stereocenters. The zero-order chi connectivity index (χ0) is 21.9. The Kier molecular flexibility index (Phi) is 5.03. The maximum atomic E-state index is 12.8. The van der Waals surface area contributed by atoms with Crippen LogP contribution in [-0.2, 0) is 23.8 Å². The minimum Gasteiger partial charge on any atom is -0.472 e. The Bertz CT molecular complexity index is 821. The van der Waals surface area contributed by atoms with Crippen LogP contribution in [0.4, 0.5) is 0 Å². The molecule has 0 radical (unpaired) electrons. The Hall–Kier alpha value is -1.90. The van der Waals surface area contributed by atoms with E-state index in [9.17, 15) is 19.8 Å². The molecule has 0 bridgehead atoms. The minimum absolute atomic E-state index is 0.0211. The summed E-state index contributed by atoms with van der Waals surface area (Å²) in [7, 11) is 2.68. The van der Waals surface area contributed by atoms with E-state index in [-0.39, 0.29) is 12.4 Å². The molecule has 3 aliphatic rings. The first-order chi connectivity index (χ1) is 14.1. The van der Waals surface area contributed by atoms with E-state index in [1.54, 1.807) is 12.3 Å². The van der Waals surface area contributed by atoms with E-state index in [4.69, 9.17) is 18.6 Å². The van der Waals surface area contributed by atoms with E-state index < -0.39 is 52.5 Å². The van der Waals surface area contributed by atoms with Crippen molar-refractivity contribution in [2.24, 2.45) is 28.6 Å². The molecule has 2 aliphatic carbocycles. The second kappa shape index (κ2) is 7.07. The first-order valence-corrected chi connectivity index (χ1v) is 10.4. The van der Waals surface area contributed by atoms with Crippen LogP contribution in [0, 0.1) is 28.6 Å². The predicted octanol–water partition coefficient (Wildman–Crippen LogP) is 2.20. The summed E-state index contributed by atoms with van der Waals surface area (Å²) in [6.07, 6.45) is 2.61. The van der Waals surface area contributed by atoms with Gasteiger partial charge in [0, 0.05) is 11.5 Å². The van der Waals surface area contributed by atoms with Crippen LogP contribution in [0.3, 0.4) is 0 Å². The van der Waals surface area contributed by atoms with Gasteiger partial charge in [-0.2, -0.15) is 0 Å². The molecule has 0 spiro atoms. The van der Waals surface area contributed by atoms with E-state index in [0.717, 1.165) is 5.56 Å². The second-order valence-corrected chi connectivity index (χ2v) is 9.51. The van der Waals surface area contributed by atoms with Crippen molar-refractivity contribution in [2.75, 3.05) is 14.2 Å². The van der Waals surface area contributed by atoms with Gasteiger partial charge in [-0.25, -0.2) is 0 Å². The van der Waals surface area contributed by atoms with E-state index in [0.29, 0.717) is 19.3 Å². The molecule has 30 heavy (non-hydrogen) atoms. The fourth-order valence-corrected chi connectivity index (χ4v) is 6.81. The molecular formula is C22H30O8. The van der Waals surface area contributed by atoms with Crippen molar-refractivity contribution in [1.29, 1.82) is 0 Å². The van der Waals surface area contributed by atoms with Gasteiger partial charge in [-0.05, 0) is 42.6 Å². The molecule has 1 aliphatic heterocycles. The SMILES string of the molecule is COC(=O)[C@@H]1C[C@H](O)[C@@]2(O)O[C@@H](c3ccoc3)C[C@]3(C)[C@@H]2[C@@]1(C)CC[C@H]3C(=O)OC. The Balaban J connectivity index is 1.87. The lowest BCUT2D eigenvalue weighted by atomic mass is 9.41. The summed E-state index contributed by atoms with van der Waals surface area (Å²) >= 11 is 0. The van der Waals surface area contributed by atoms with Gasteiger partial charge in [-0.3, -0.25) is 9.59 Å². The molecule has 166 valence electrons. The van der Waals surface area contributed by atoms with Gasteiger partial charge in [0.15, 0.2) is 5.79 Å². The fourth-order valence-electron chi connectivity index (χ4n) is 6.81. The third kappa shape index (κ3) is 2.77. The van der Waals surface area contributed by atoms with Gasteiger partial charge >= 0.3 is 11.9 Å². The van der Waals surface area contributed by atoms with Crippen molar-refractivity contribution in [3.8, 4) is 0 Å². The van der Waals surface area contributed by atoms with Crippen LogP contribution in [0.5, 0.6) is 0 Å². The molecule has 1 aromatic heterocycles. The molecule has 0 unspecified atom stereocenters. The smallest absolute Gasteiger partial charge is 0.309 e. The highest BCUT2D eigenvalue weighted by molar-refractivity contribution is 5.75. The Labute approximate surface area is 175 Å². The first kappa shape index (κ1) is 21.3. The van der Waals surface area contributed by atoms with Crippen molar-refractivity contribution in [1.82, 2.24) is 0 Å². The molecular weight excluding hydrogens is 392 g/mol. The number of furan rings is 1. The standard InChI is InChI=1S/C22H30O8/c1-20-7-5-13(17(24)27-3)21(2)10-15(12-6-8-29-11-12)30-22(26,19(20)21)16(23)9-14(20)18(25)28-4/h6,8,11,13-16,19,23,26H,5,7,9-10H2,1-4H3/t13-,14-,15+,16-,19-,20-,21-,22+/m0/s1. The van der Waals surface area contributed by atoms with Crippen LogP contribution in [0.2, 0.25) is 0 Å². The summed E-state index contributed by atoms with van der Waals surface area (Å²) < 4.78 is 21.5. The van der Waals surface area contributed by atoms with Crippen LogP contribution >= 0.6 is 0 Å². The van der Waals surface area contributed by atoms with Gasteiger partial charge in [-0.15, -0.1) is 0 Å². The number of esters is 2. The maximum Gasteiger partial charge on any atom is 0.309 e. The second-order valence-electron chi connectivity index (χ2n) is 9.51. The van der Waals surface area contributed by atoms with Crippen LogP contribution in [0.25, 0.3) is 0 Å². The van der Waals surface area contributed by atoms with E-state index in [1.165, 1.54) is 20.5 Å². The highest BCUT2D eigenvalue weighted by Crippen LogP contribution is 2.70. The van der Waals surface area contributed by atoms with Gasteiger partial charge in [0.25, 0.3) is 0 Å². The average molecular weight is 422 g/mol. The highest BCUT2D eigenvalue weighted by Gasteiger charge is 2.73. The topological polar surface area (TPSA) is 115 Å². The lowest BCUT2D eigenvalue weighted by Crippen LogP contribution is -2.73. The third-order valence-corrected chi connectivity index (χ3v) is 8.08. The molecule has 4 rings (SSSR count). The van der Waals surface area contributed by atoms with Crippen LogP contribution in [0.15, 0.2) is 23.0 Å². The zero-order valence-corrected chi connectivity index (χ0v) is 17.8. The van der Waals surface area contributed by atoms with E-state index >= 15 is 0 Å². The predicted molar refractivity (Wildman–Crippen MR) is 103 cm³/mol. The van der Waals surface area contributed by atoms with Crippen LogP contribution in [-0.4, -0.2) is 48.3 Å². The third-order valence-electron chi connectivity index (χ3n) is 8.08. The zero-order valence-electron chi connectivity index (χ0n) is 17.8. The molecule has 0 aromatic carbocycles. The molecule has 0 amide bonds. The quantitative estimate of drug-likeness (QED) is 0.713. The van der Waals surface area contributed by atoms with Gasteiger partial charge in [-0.1, -0.05) is 13.8 Å². The lowest BCUT2D eigenvalue weighted by Gasteiger charge is -2.68. The number of hydrogen-bond acceptors (Lipinski definition) is 8. The molecule has 2 saturated carbocycles. The number of hydrogen-bond donors (Lipinski definition) is 2. The van der Waals surface area contributed by atoms with Crippen LogP contribution < -0.4 is 0 Å². The van der Waals surface area contributed by atoms with Crippen LogP contribution in [0.1, 0.15) is 51.2 Å². The van der Waals surface area contributed by atoms with Gasteiger partial charge in [0.2, 0.25) is 0 Å². The number of ether oxygens (including phenoxy) is 3. The normalized spacial score (nSPS) is 45.3. The maximum absolute atomic E-state index is 12.8. The molecule has 2 N–H and O–H groups in total. The number of carbonyl (C=O) groups is 2. The van der Waals surface area contributed by atoms with E-state index in [1.807, 2.05) is 13.8 Å². The molecule has 3 fully saturated rings. The number of methoxy groups -OCH3 is 2. The minimum atomic E-state index is -1.93. The van der Waals surface area contributed by atoms with Crippen molar-refractivity contribution >= 4 is 11.9 Å². The van der Waals surface area contributed by atoms with Gasteiger partial charge in [0.1, 0.15) is 6.10 Å². The monoisotopic (exact) mass is 422 g/mol. The Morgan fingerprint density at radius 2 is 1.80 bits per heavy atom. The summed E-state index contributed by atoms with van der Waals surface area (Å²) in [5.41, 5.74) is -0.786. The Morgan fingerprint density at radius 1 is 1.13 bits per heavy atom. The van der Waals surface area contributed by atoms with Crippen molar-refractivity contribution in [3.63, 3.8) is 0 Å². The summed E-state index contributed by atoms with van der Waals surface area (Å²) in [6.45, 7) is 3.87. The molecule has 8 heteroatoms. The van der Waals surface area contributed by atoms with Crippen molar-refractivity contribution < 1.29 is 38.4 Å². The average Bonchev–Trinajstić information content (AvgIpc) is 3.24. The molecule has 8 nitrogen and oxygen atoms in total. The molecule has 1 saturated heterocycles. The van der Waals surface area contributed by atoms with Gasteiger partial charge in [0.05, 0.1) is 44.7 Å². The largest absolute Gasteiger partial charge is 0.472 e. The fraction of sp³-hybridized carbons (Fsp3) is 0.727. The number of rotatable bonds is 3. The first-order valence-electron chi connectivity index (χ1n) is 10.4.